The number of likely N-dealkylation sites (tertiary alicyclic amines) is 1. The van der Waals surface area contributed by atoms with Crippen LogP contribution in [0.25, 0.3) is 0 Å². The van der Waals surface area contributed by atoms with Gasteiger partial charge in [-0.3, -0.25) is 4.90 Å². The number of nitrogens with zero attached hydrogens (tertiary/aromatic N) is 1. The Morgan fingerprint density at radius 2 is 1.74 bits per heavy atom. The quantitative estimate of drug-likeness (QED) is 0.812. The second kappa shape index (κ2) is 6.53. The molecule has 1 fully saturated rings. The van der Waals surface area contributed by atoms with Crippen molar-refractivity contribution in [3.63, 3.8) is 0 Å². The van der Waals surface area contributed by atoms with Crippen molar-refractivity contribution in [1.82, 2.24) is 4.90 Å². The Bertz CT molecular complexity index is 386. The van der Waals surface area contributed by atoms with Gasteiger partial charge in [0.05, 0.1) is 0 Å². The van der Waals surface area contributed by atoms with Crippen molar-refractivity contribution < 1.29 is 0 Å². The van der Waals surface area contributed by atoms with Crippen LogP contribution in [0.5, 0.6) is 0 Å². The fourth-order valence-electron chi connectivity index (χ4n) is 3.63. The molecule has 1 heterocycles. The van der Waals surface area contributed by atoms with Gasteiger partial charge >= 0.3 is 0 Å². The molecule has 0 bridgehead atoms. The van der Waals surface area contributed by atoms with Gasteiger partial charge in [-0.2, -0.15) is 0 Å². The minimum Gasteiger partial charge on any atom is -0.326 e. The maximum atomic E-state index is 5.70. The van der Waals surface area contributed by atoms with Crippen LogP contribution in [0.15, 0.2) is 24.3 Å². The van der Waals surface area contributed by atoms with Gasteiger partial charge in [-0.1, -0.05) is 51.0 Å². The van der Waals surface area contributed by atoms with Crippen molar-refractivity contribution >= 4 is 0 Å². The van der Waals surface area contributed by atoms with Gasteiger partial charge in [0.25, 0.3) is 0 Å². The van der Waals surface area contributed by atoms with Gasteiger partial charge in [0, 0.05) is 26.2 Å². The SMILES string of the molecule is CCCC1(CCC)CN(Cc2cccc(CN)c2)C1. The number of benzene rings is 1. The first kappa shape index (κ1) is 14.5. The molecule has 0 saturated carbocycles. The number of nitrogens with two attached hydrogens (primary N) is 1. The molecule has 106 valence electrons. The fourth-order valence-corrected chi connectivity index (χ4v) is 3.63. The molecule has 0 aliphatic carbocycles. The number of hydrogen-bond donors (Lipinski definition) is 1. The summed E-state index contributed by atoms with van der Waals surface area (Å²) in [6, 6.07) is 8.71. The number of rotatable bonds is 7. The molecule has 1 aliphatic rings. The smallest absolute Gasteiger partial charge is 0.0234 e. The lowest BCUT2D eigenvalue weighted by atomic mass is 9.72. The van der Waals surface area contributed by atoms with Crippen molar-refractivity contribution in [1.29, 1.82) is 0 Å². The van der Waals surface area contributed by atoms with Crippen LogP contribution in [0, 0.1) is 5.41 Å². The molecule has 1 aliphatic heterocycles. The lowest BCUT2D eigenvalue weighted by Gasteiger charge is -2.51. The highest BCUT2D eigenvalue weighted by atomic mass is 15.2. The molecule has 0 unspecified atom stereocenters. The Balaban J connectivity index is 1.89. The minimum atomic E-state index is 0.620. The normalized spacial score (nSPS) is 18.3. The van der Waals surface area contributed by atoms with E-state index in [1.165, 1.54) is 49.9 Å². The molecule has 0 amide bonds. The zero-order chi connectivity index (χ0) is 13.7. The second-order valence-corrected chi connectivity index (χ2v) is 6.17. The van der Waals surface area contributed by atoms with E-state index < -0.39 is 0 Å². The van der Waals surface area contributed by atoms with Crippen molar-refractivity contribution in [3.8, 4) is 0 Å². The lowest BCUT2D eigenvalue weighted by molar-refractivity contribution is -0.0203. The molecular formula is C17H28N2. The fraction of sp³-hybridized carbons (Fsp3) is 0.647. The van der Waals surface area contributed by atoms with Crippen LogP contribution in [0.1, 0.15) is 50.7 Å². The van der Waals surface area contributed by atoms with E-state index in [0.29, 0.717) is 12.0 Å². The maximum absolute atomic E-state index is 5.70. The molecule has 1 saturated heterocycles. The average molecular weight is 260 g/mol. The van der Waals surface area contributed by atoms with Gasteiger partial charge in [-0.25, -0.2) is 0 Å². The summed E-state index contributed by atoms with van der Waals surface area (Å²) in [5, 5.41) is 0. The lowest BCUT2D eigenvalue weighted by Crippen LogP contribution is -2.55. The summed E-state index contributed by atoms with van der Waals surface area (Å²) in [5.74, 6) is 0. The summed E-state index contributed by atoms with van der Waals surface area (Å²) in [5.41, 5.74) is 8.97. The Morgan fingerprint density at radius 1 is 1.11 bits per heavy atom. The van der Waals surface area contributed by atoms with Gasteiger partial charge < -0.3 is 5.73 Å². The molecule has 1 aromatic rings. The molecule has 2 nitrogen and oxygen atoms in total. The first-order valence-electron chi connectivity index (χ1n) is 7.71. The Kier molecular flexibility index (Phi) is 5.00. The molecule has 0 spiro atoms. The standard InChI is InChI=1S/C17H28N2/c1-3-8-17(9-4-2)13-19(14-17)12-16-7-5-6-15(10-16)11-18/h5-7,10H,3-4,8-9,11-14,18H2,1-2H3. The van der Waals surface area contributed by atoms with Crippen molar-refractivity contribution in [2.24, 2.45) is 11.1 Å². The molecule has 2 heteroatoms. The summed E-state index contributed by atoms with van der Waals surface area (Å²) in [6.07, 6.45) is 5.41. The third-order valence-corrected chi connectivity index (χ3v) is 4.31. The molecule has 0 radical (unpaired) electrons. The molecule has 1 aromatic carbocycles. The van der Waals surface area contributed by atoms with E-state index >= 15 is 0 Å². The summed E-state index contributed by atoms with van der Waals surface area (Å²) in [7, 11) is 0. The third kappa shape index (κ3) is 3.58. The van der Waals surface area contributed by atoms with E-state index in [0.717, 1.165) is 6.54 Å². The average Bonchev–Trinajstić information content (AvgIpc) is 2.37. The monoisotopic (exact) mass is 260 g/mol. The zero-order valence-electron chi connectivity index (χ0n) is 12.5. The summed E-state index contributed by atoms with van der Waals surface area (Å²) >= 11 is 0. The Morgan fingerprint density at radius 3 is 2.32 bits per heavy atom. The topological polar surface area (TPSA) is 29.3 Å². The highest BCUT2D eigenvalue weighted by molar-refractivity contribution is 5.23. The predicted octanol–water partition coefficient (Wildman–Crippen LogP) is 3.55. The highest BCUT2D eigenvalue weighted by Crippen LogP contribution is 2.40. The molecule has 0 atom stereocenters. The van der Waals surface area contributed by atoms with Gasteiger partial charge in [0.15, 0.2) is 0 Å². The van der Waals surface area contributed by atoms with Crippen LogP contribution >= 0.6 is 0 Å². The minimum absolute atomic E-state index is 0.620. The van der Waals surface area contributed by atoms with E-state index in [1.54, 1.807) is 0 Å². The first-order valence-corrected chi connectivity index (χ1v) is 7.71. The van der Waals surface area contributed by atoms with E-state index in [2.05, 4.69) is 43.0 Å². The van der Waals surface area contributed by atoms with Crippen LogP contribution in [0.2, 0.25) is 0 Å². The first-order chi connectivity index (χ1) is 9.21. The van der Waals surface area contributed by atoms with E-state index in [4.69, 9.17) is 5.73 Å². The largest absolute Gasteiger partial charge is 0.326 e. The van der Waals surface area contributed by atoms with E-state index in [9.17, 15) is 0 Å². The highest BCUT2D eigenvalue weighted by Gasteiger charge is 2.40. The van der Waals surface area contributed by atoms with E-state index in [-0.39, 0.29) is 0 Å². The summed E-state index contributed by atoms with van der Waals surface area (Å²) < 4.78 is 0. The third-order valence-electron chi connectivity index (χ3n) is 4.31. The molecular weight excluding hydrogens is 232 g/mol. The molecule has 2 rings (SSSR count). The van der Waals surface area contributed by atoms with Gasteiger partial charge in [0.1, 0.15) is 0 Å². The van der Waals surface area contributed by atoms with Crippen LogP contribution in [0.4, 0.5) is 0 Å². The Labute approximate surface area is 118 Å². The molecule has 0 aromatic heterocycles. The van der Waals surface area contributed by atoms with Crippen LogP contribution in [-0.2, 0) is 13.1 Å². The molecule has 19 heavy (non-hydrogen) atoms. The second-order valence-electron chi connectivity index (χ2n) is 6.17. The zero-order valence-corrected chi connectivity index (χ0v) is 12.5. The van der Waals surface area contributed by atoms with Gasteiger partial charge in [-0.05, 0) is 29.4 Å². The van der Waals surface area contributed by atoms with Crippen molar-refractivity contribution in [3.05, 3.63) is 35.4 Å². The maximum Gasteiger partial charge on any atom is 0.0234 e. The van der Waals surface area contributed by atoms with Crippen molar-refractivity contribution in [2.75, 3.05) is 13.1 Å². The predicted molar refractivity (Wildman–Crippen MR) is 81.9 cm³/mol. The Hall–Kier alpha value is -0.860. The van der Waals surface area contributed by atoms with Gasteiger partial charge in [-0.15, -0.1) is 0 Å². The number of hydrogen-bond acceptors (Lipinski definition) is 2. The van der Waals surface area contributed by atoms with Crippen molar-refractivity contribution in [2.45, 2.75) is 52.6 Å². The van der Waals surface area contributed by atoms with Crippen LogP contribution in [-0.4, -0.2) is 18.0 Å². The summed E-state index contributed by atoms with van der Waals surface area (Å²) in [6.45, 7) is 8.91. The van der Waals surface area contributed by atoms with Gasteiger partial charge in [0.2, 0.25) is 0 Å². The summed E-state index contributed by atoms with van der Waals surface area (Å²) in [4.78, 5) is 2.58. The van der Waals surface area contributed by atoms with Crippen LogP contribution < -0.4 is 5.73 Å². The van der Waals surface area contributed by atoms with E-state index in [1.807, 2.05) is 0 Å². The van der Waals surface area contributed by atoms with Crippen LogP contribution in [0.3, 0.4) is 0 Å². The molecule has 2 N–H and O–H groups in total.